The van der Waals surface area contributed by atoms with Crippen molar-refractivity contribution in [3.05, 3.63) is 54.6 Å². The Labute approximate surface area is 197 Å². The first-order valence-electron chi connectivity index (χ1n) is 13.8. The Bertz CT molecular complexity index is 700. The van der Waals surface area contributed by atoms with Crippen molar-refractivity contribution < 1.29 is 4.74 Å². The molecule has 0 saturated heterocycles. The first kappa shape index (κ1) is 23.7. The van der Waals surface area contributed by atoms with Crippen molar-refractivity contribution in [1.29, 1.82) is 0 Å². The third-order valence-corrected chi connectivity index (χ3v) is 8.89. The number of benzene rings is 1. The molecule has 1 aromatic rings. The van der Waals surface area contributed by atoms with Crippen LogP contribution in [0.4, 0.5) is 0 Å². The lowest BCUT2D eigenvalue weighted by Gasteiger charge is -2.37. The van der Waals surface area contributed by atoms with Gasteiger partial charge in [0.2, 0.25) is 0 Å². The molecule has 2 fully saturated rings. The minimum atomic E-state index is 0.596. The normalized spacial score (nSPS) is 33.0. The predicted octanol–water partition coefficient (Wildman–Crippen LogP) is 9.10. The second-order valence-corrected chi connectivity index (χ2v) is 11.0. The molecule has 0 aliphatic heterocycles. The van der Waals surface area contributed by atoms with E-state index in [4.69, 9.17) is 4.74 Å². The van der Waals surface area contributed by atoms with Gasteiger partial charge in [0.1, 0.15) is 5.75 Å². The Morgan fingerprint density at radius 1 is 0.844 bits per heavy atom. The minimum Gasteiger partial charge on any atom is -0.493 e. The summed E-state index contributed by atoms with van der Waals surface area (Å²) in [5, 5.41) is 0. The maximum absolute atomic E-state index is 6.23. The third kappa shape index (κ3) is 6.52. The molecule has 0 bridgehead atoms. The highest BCUT2D eigenvalue weighted by Crippen LogP contribution is 2.41. The summed E-state index contributed by atoms with van der Waals surface area (Å²) in [6.45, 7) is 7.19. The Hall–Kier alpha value is -1.50. The number of hydrogen-bond acceptors (Lipinski definition) is 1. The molecular weight excluding hydrogens is 388 g/mol. The zero-order valence-corrected chi connectivity index (χ0v) is 20.5. The van der Waals surface area contributed by atoms with Crippen LogP contribution in [0.25, 0.3) is 0 Å². The fraction of sp³-hybridized carbons (Fsp3) is 0.677. The molecule has 1 heteroatoms. The zero-order valence-electron chi connectivity index (χ0n) is 20.5. The van der Waals surface area contributed by atoms with Crippen LogP contribution in [0.3, 0.4) is 0 Å². The lowest BCUT2D eigenvalue weighted by atomic mass is 9.69. The maximum atomic E-state index is 6.23. The summed E-state index contributed by atoms with van der Waals surface area (Å²) in [4.78, 5) is 0. The Kier molecular flexibility index (Phi) is 8.94. The smallest absolute Gasteiger partial charge is 0.119 e. The van der Waals surface area contributed by atoms with Crippen LogP contribution < -0.4 is 4.74 Å². The van der Waals surface area contributed by atoms with Gasteiger partial charge in [-0.3, -0.25) is 0 Å². The summed E-state index contributed by atoms with van der Waals surface area (Å²) in [7, 11) is 0. The fourth-order valence-electron chi connectivity index (χ4n) is 6.57. The van der Waals surface area contributed by atoms with E-state index in [1.54, 1.807) is 0 Å². The number of hydrogen-bond donors (Lipinski definition) is 0. The Morgan fingerprint density at radius 3 is 2.12 bits per heavy atom. The predicted molar refractivity (Wildman–Crippen MR) is 137 cm³/mol. The number of rotatable bonds is 9. The molecule has 2 atom stereocenters. The average molecular weight is 435 g/mol. The van der Waals surface area contributed by atoms with Crippen molar-refractivity contribution in [2.75, 3.05) is 6.61 Å². The molecule has 1 aromatic carbocycles. The fourth-order valence-corrected chi connectivity index (χ4v) is 6.57. The van der Waals surface area contributed by atoms with Gasteiger partial charge in [-0.05, 0) is 118 Å². The molecule has 0 spiro atoms. The van der Waals surface area contributed by atoms with Gasteiger partial charge < -0.3 is 4.74 Å². The van der Waals surface area contributed by atoms with Gasteiger partial charge in [-0.1, -0.05) is 50.1 Å². The molecule has 0 N–H and O–H groups in total. The van der Waals surface area contributed by atoms with E-state index in [1.807, 2.05) is 0 Å². The van der Waals surface area contributed by atoms with E-state index in [0.717, 1.165) is 41.9 Å². The van der Waals surface area contributed by atoms with E-state index in [0.29, 0.717) is 5.92 Å². The molecule has 3 aliphatic rings. The summed E-state index contributed by atoms with van der Waals surface area (Å²) in [5.74, 6) is 5.96. The van der Waals surface area contributed by atoms with Crippen LogP contribution in [-0.4, -0.2) is 6.61 Å². The second-order valence-electron chi connectivity index (χ2n) is 11.0. The quantitative estimate of drug-likeness (QED) is 0.352. The molecule has 32 heavy (non-hydrogen) atoms. The summed E-state index contributed by atoms with van der Waals surface area (Å²) in [5.41, 5.74) is 1.45. The second kappa shape index (κ2) is 12.1. The summed E-state index contributed by atoms with van der Waals surface area (Å²) in [6.07, 6.45) is 25.0. The third-order valence-electron chi connectivity index (χ3n) is 8.89. The monoisotopic (exact) mass is 434 g/mol. The highest BCUT2D eigenvalue weighted by atomic mass is 16.5. The van der Waals surface area contributed by atoms with Crippen molar-refractivity contribution in [1.82, 2.24) is 0 Å². The first-order valence-corrected chi connectivity index (χ1v) is 13.8. The average Bonchev–Trinajstić information content (AvgIpc) is 2.87. The largest absolute Gasteiger partial charge is 0.493 e. The molecule has 176 valence electrons. The molecule has 0 aromatic heterocycles. The van der Waals surface area contributed by atoms with Gasteiger partial charge in [-0.2, -0.15) is 0 Å². The van der Waals surface area contributed by atoms with Gasteiger partial charge in [0.05, 0.1) is 6.61 Å². The van der Waals surface area contributed by atoms with Crippen LogP contribution in [0.5, 0.6) is 5.75 Å². The van der Waals surface area contributed by atoms with Gasteiger partial charge in [0.15, 0.2) is 0 Å². The van der Waals surface area contributed by atoms with Crippen LogP contribution in [0, 0.1) is 29.6 Å². The minimum absolute atomic E-state index is 0.596. The van der Waals surface area contributed by atoms with Gasteiger partial charge >= 0.3 is 0 Å². The Morgan fingerprint density at radius 2 is 1.53 bits per heavy atom. The molecule has 4 rings (SSSR count). The highest BCUT2D eigenvalue weighted by molar-refractivity contribution is 5.32. The van der Waals surface area contributed by atoms with Crippen molar-refractivity contribution in [2.45, 2.75) is 96.3 Å². The maximum Gasteiger partial charge on any atom is 0.119 e. The number of ether oxygens (including phenoxy) is 1. The highest BCUT2D eigenvalue weighted by Gasteiger charge is 2.30. The summed E-state index contributed by atoms with van der Waals surface area (Å²) in [6, 6.07) is 9.01. The van der Waals surface area contributed by atoms with E-state index in [2.05, 4.69) is 56.0 Å². The SMILES string of the molecule is C=CC1CCC(C2CCC(COc3ccc(C4C=CC(CCCC)CC4)cc3)CC2)CC1. The van der Waals surface area contributed by atoms with Gasteiger partial charge in [-0.15, -0.1) is 6.58 Å². The molecular formula is C31H46O. The zero-order chi connectivity index (χ0) is 22.2. The van der Waals surface area contributed by atoms with Crippen LogP contribution in [0.15, 0.2) is 49.1 Å². The van der Waals surface area contributed by atoms with Crippen LogP contribution in [0.2, 0.25) is 0 Å². The lowest BCUT2D eigenvalue weighted by molar-refractivity contribution is 0.129. The number of allylic oxidation sites excluding steroid dienone is 3. The standard InChI is InChI=1S/C31H46O/c1-3-5-6-25-9-15-28(16-10-25)30-19-21-31(22-20-30)32-23-26-11-17-29(18-12-26)27-13-7-24(4-2)8-14-27/h4,9,15,19-22,24-29H,2-3,5-8,10-14,16-18,23H2,1H3. The van der Waals surface area contributed by atoms with E-state index in [1.165, 1.54) is 89.0 Å². The van der Waals surface area contributed by atoms with Crippen LogP contribution in [0.1, 0.15) is 102 Å². The van der Waals surface area contributed by atoms with Crippen molar-refractivity contribution in [3.63, 3.8) is 0 Å². The first-order chi connectivity index (χ1) is 15.7. The Balaban J connectivity index is 1.17. The molecule has 0 radical (unpaired) electrons. The molecule has 1 nitrogen and oxygen atoms in total. The van der Waals surface area contributed by atoms with Crippen molar-refractivity contribution >= 4 is 0 Å². The number of unbranched alkanes of at least 4 members (excludes halogenated alkanes) is 1. The molecule has 3 aliphatic carbocycles. The van der Waals surface area contributed by atoms with Crippen LogP contribution >= 0.6 is 0 Å². The van der Waals surface area contributed by atoms with E-state index < -0.39 is 0 Å². The van der Waals surface area contributed by atoms with E-state index in [-0.39, 0.29) is 0 Å². The topological polar surface area (TPSA) is 9.23 Å². The molecule has 2 saturated carbocycles. The van der Waals surface area contributed by atoms with Crippen molar-refractivity contribution in [3.8, 4) is 5.75 Å². The van der Waals surface area contributed by atoms with Gasteiger partial charge in [0.25, 0.3) is 0 Å². The summed E-state index contributed by atoms with van der Waals surface area (Å²) >= 11 is 0. The lowest BCUT2D eigenvalue weighted by Crippen LogP contribution is -2.27. The van der Waals surface area contributed by atoms with E-state index in [9.17, 15) is 0 Å². The molecule has 0 amide bonds. The summed E-state index contributed by atoms with van der Waals surface area (Å²) < 4.78 is 6.23. The van der Waals surface area contributed by atoms with Gasteiger partial charge in [-0.25, -0.2) is 0 Å². The molecule has 2 unspecified atom stereocenters. The van der Waals surface area contributed by atoms with Gasteiger partial charge in [0, 0.05) is 5.92 Å². The van der Waals surface area contributed by atoms with Crippen LogP contribution in [-0.2, 0) is 0 Å². The van der Waals surface area contributed by atoms with E-state index >= 15 is 0 Å². The molecule has 0 heterocycles. The van der Waals surface area contributed by atoms with Crippen molar-refractivity contribution in [2.24, 2.45) is 29.6 Å².